The molecule has 0 spiro atoms. The number of epoxide rings is 1. The lowest BCUT2D eigenvalue weighted by atomic mass is 10.1. The lowest BCUT2D eigenvalue weighted by Gasteiger charge is -2.05. The number of rotatable bonds is 6. The van der Waals surface area contributed by atoms with Gasteiger partial charge in [0.05, 0.1) is 6.61 Å². The Hall–Kier alpha value is -2.66. The van der Waals surface area contributed by atoms with E-state index in [4.69, 9.17) is 14.2 Å². The molecule has 0 amide bonds. The number of benzene rings is 2. The fourth-order valence-corrected chi connectivity index (χ4v) is 2.19. The number of carbonyl (C=O) groups is 2. The van der Waals surface area contributed by atoms with Gasteiger partial charge in [-0.1, -0.05) is 18.2 Å². The fraction of sp³-hybridized carbons (Fsp3) is 0.222. The van der Waals surface area contributed by atoms with Crippen molar-refractivity contribution in [2.45, 2.75) is 19.1 Å². The second-order valence-corrected chi connectivity index (χ2v) is 5.03. The van der Waals surface area contributed by atoms with Gasteiger partial charge in [0, 0.05) is 5.56 Å². The predicted molar refractivity (Wildman–Crippen MR) is 82.6 cm³/mol. The highest BCUT2D eigenvalue weighted by atomic mass is 16.6. The SMILES string of the molecule is CCOC(=O)C1OC1C(=O)c1ccc(Oc2ccccc2)cc1. The number of carbonyl (C=O) groups excluding carboxylic acids is 2. The summed E-state index contributed by atoms with van der Waals surface area (Å²) in [5.74, 6) is 0.634. The zero-order valence-corrected chi connectivity index (χ0v) is 12.6. The van der Waals surface area contributed by atoms with Gasteiger partial charge in [0.15, 0.2) is 18.0 Å². The summed E-state index contributed by atoms with van der Waals surface area (Å²) >= 11 is 0. The average Bonchev–Trinajstić information content (AvgIpc) is 3.37. The Balaban J connectivity index is 1.62. The first-order valence-electron chi connectivity index (χ1n) is 7.38. The van der Waals surface area contributed by atoms with E-state index in [1.807, 2.05) is 30.3 Å². The minimum atomic E-state index is -0.775. The van der Waals surface area contributed by atoms with Crippen molar-refractivity contribution in [1.29, 1.82) is 0 Å². The molecule has 5 nitrogen and oxygen atoms in total. The molecule has 23 heavy (non-hydrogen) atoms. The van der Waals surface area contributed by atoms with Crippen molar-refractivity contribution < 1.29 is 23.8 Å². The van der Waals surface area contributed by atoms with Gasteiger partial charge in [-0.3, -0.25) is 4.79 Å². The molecule has 0 aromatic heterocycles. The molecule has 2 unspecified atom stereocenters. The molecule has 0 bridgehead atoms. The Bertz CT molecular complexity index is 693. The molecule has 1 saturated heterocycles. The minimum absolute atomic E-state index is 0.227. The van der Waals surface area contributed by atoms with Crippen molar-refractivity contribution in [3.05, 3.63) is 60.2 Å². The van der Waals surface area contributed by atoms with Gasteiger partial charge in [-0.25, -0.2) is 4.79 Å². The monoisotopic (exact) mass is 312 g/mol. The Labute approximate surface area is 133 Å². The summed E-state index contributed by atoms with van der Waals surface area (Å²) in [5, 5.41) is 0. The molecule has 2 aromatic carbocycles. The Morgan fingerprint density at radius 3 is 2.26 bits per heavy atom. The van der Waals surface area contributed by atoms with Gasteiger partial charge in [-0.2, -0.15) is 0 Å². The Morgan fingerprint density at radius 2 is 1.61 bits per heavy atom. The molecule has 1 aliphatic rings. The van der Waals surface area contributed by atoms with Crippen LogP contribution in [0.1, 0.15) is 17.3 Å². The van der Waals surface area contributed by atoms with E-state index >= 15 is 0 Å². The van der Waals surface area contributed by atoms with Gasteiger partial charge in [-0.15, -0.1) is 0 Å². The van der Waals surface area contributed by atoms with Gasteiger partial charge in [0.25, 0.3) is 0 Å². The maximum atomic E-state index is 12.2. The second-order valence-electron chi connectivity index (χ2n) is 5.03. The molecule has 2 aromatic rings. The summed E-state index contributed by atoms with van der Waals surface area (Å²) < 4.78 is 15.6. The van der Waals surface area contributed by atoms with Crippen molar-refractivity contribution in [2.75, 3.05) is 6.61 Å². The smallest absolute Gasteiger partial charge is 0.338 e. The normalized spacial score (nSPS) is 19.0. The van der Waals surface area contributed by atoms with E-state index in [-0.39, 0.29) is 12.4 Å². The van der Waals surface area contributed by atoms with Crippen molar-refractivity contribution in [2.24, 2.45) is 0 Å². The fourth-order valence-electron chi connectivity index (χ4n) is 2.19. The topological polar surface area (TPSA) is 65.1 Å². The van der Waals surface area contributed by atoms with Crippen molar-refractivity contribution in [1.82, 2.24) is 0 Å². The third-order valence-corrected chi connectivity index (χ3v) is 3.39. The predicted octanol–water partition coefficient (Wildman–Crippen LogP) is 2.99. The summed E-state index contributed by atoms with van der Waals surface area (Å²) in [7, 11) is 0. The van der Waals surface area contributed by atoms with Crippen molar-refractivity contribution in [3.8, 4) is 11.5 Å². The largest absolute Gasteiger partial charge is 0.464 e. The molecule has 5 heteroatoms. The number of Topliss-reactive ketones (excluding diaryl/α,β-unsaturated/α-hetero) is 1. The maximum Gasteiger partial charge on any atom is 0.338 e. The van der Waals surface area contributed by atoms with Crippen LogP contribution < -0.4 is 4.74 Å². The summed E-state index contributed by atoms with van der Waals surface area (Å²) in [6.07, 6.45) is -1.52. The number of esters is 1. The first kappa shape index (κ1) is 15.2. The van der Waals surface area contributed by atoms with Gasteiger partial charge in [0.1, 0.15) is 11.5 Å². The van der Waals surface area contributed by atoms with E-state index in [0.717, 1.165) is 5.75 Å². The van der Waals surface area contributed by atoms with Gasteiger partial charge < -0.3 is 14.2 Å². The molecule has 118 valence electrons. The highest BCUT2D eigenvalue weighted by Gasteiger charge is 2.51. The standard InChI is InChI=1S/C18H16O5/c1-2-21-18(20)17-16(23-17)15(19)12-8-10-14(11-9-12)22-13-6-4-3-5-7-13/h3-11,16-17H,2H2,1H3. The van der Waals surface area contributed by atoms with Crippen LogP contribution in [0.5, 0.6) is 11.5 Å². The molecular weight excluding hydrogens is 296 g/mol. The van der Waals surface area contributed by atoms with Crippen LogP contribution in [-0.4, -0.2) is 30.6 Å². The van der Waals surface area contributed by atoms with Gasteiger partial charge >= 0.3 is 5.97 Å². The van der Waals surface area contributed by atoms with Crippen LogP contribution in [0.2, 0.25) is 0 Å². The first-order valence-corrected chi connectivity index (χ1v) is 7.38. The van der Waals surface area contributed by atoms with E-state index in [2.05, 4.69) is 0 Å². The van der Waals surface area contributed by atoms with E-state index < -0.39 is 18.2 Å². The third-order valence-electron chi connectivity index (χ3n) is 3.39. The summed E-state index contributed by atoms with van der Waals surface area (Å²) in [4.78, 5) is 23.7. The molecule has 2 atom stereocenters. The molecule has 0 saturated carbocycles. The van der Waals surface area contributed by atoms with Crippen LogP contribution >= 0.6 is 0 Å². The van der Waals surface area contributed by atoms with E-state index in [1.165, 1.54) is 0 Å². The summed E-state index contributed by atoms with van der Waals surface area (Å²) in [6, 6.07) is 16.1. The number of para-hydroxylation sites is 1. The number of ether oxygens (including phenoxy) is 3. The minimum Gasteiger partial charge on any atom is -0.464 e. The molecule has 1 aliphatic heterocycles. The average molecular weight is 312 g/mol. The third kappa shape index (κ3) is 3.57. The zero-order chi connectivity index (χ0) is 16.2. The Kier molecular flexibility index (Phi) is 4.39. The molecule has 0 N–H and O–H groups in total. The summed E-state index contributed by atoms with van der Waals surface area (Å²) in [6.45, 7) is 1.98. The van der Waals surface area contributed by atoms with Crippen LogP contribution in [0.3, 0.4) is 0 Å². The zero-order valence-electron chi connectivity index (χ0n) is 12.6. The van der Waals surface area contributed by atoms with E-state index in [9.17, 15) is 9.59 Å². The molecule has 1 heterocycles. The van der Waals surface area contributed by atoms with Crippen molar-refractivity contribution >= 4 is 11.8 Å². The summed E-state index contributed by atoms with van der Waals surface area (Å²) in [5.41, 5.74) is 0.474. The number of hydrogen-bond donors (Lipinski definition) is 0. The highest BCUT2D eigenvalue weighted by Crippen LogP contribution is 2.28. The molecular formula is C18H16O5. The van der Waals surface area contributed by atoms with Gasteiger partial charge in [-0.05, 0) is 43.3 Å². The van der Waals surface area contributed by atoms with E-state index in [0.29, 0.717) is 11.3 Å². The van der Waals surface area contributed by atoms with Crippen molar-refractivity contribution in [3.63, 3.8) is 0 Å². The first-order chi connectivity index (χ1) is 11.2. The maximum absolute atomic E-state index is 12.2. The van der Waals surface area contributed by atoms with Crippen LogP contribution in [0.15, 0.2) is 54.6 Å². The van der Waals surface area contributed by atoms with Crippen LogP contribution in [-0.2, 0) is 14.3 Å². The van der Waals surface area contributed by atoms with Crippen LogP contribution in [0, 0.1) is 0 Å². The second kappa shape index (κ2) is 6.62. The lowest BCUT2D eigenvalue weighted by Crippen LogP contribution is -2.18. The van der Waals surface area contributed by atoms with Crippen LogP contribution in [0.4, 0.5) is 0 Å². The molecule has 1 fully saturated rings. The van der Waals surface area contributed by atoms with Gasteiger partial charge in [0.2, 0.25) is 0 Å². The molecule has 0 aliphatic carbocycles. The number of hydrogen-bond acceptors (Lipinski definition) is 5. The lowest BCUT2D eigenvalue weighted by molar-refractivity contribution is -0.144. The quantitative estimate of drug-likeness (QED) is 0.466. The highest BCUT2D eigenvalue weighted by molar-refractivity contribution is 6.04. The molecule has 3 rings (SSSR count). The Morgan fingerprint density at radius 1 is 0.957 bits per heavy atom. The molecule has 0 radical (unpaired) electrons. The van der Waals surface area contributed by atoms with E-state index in [1.54, 1.807) is 31.2 Å². The number of ketones is 1. The van der Waals surface area contributed by atoms with Crippen LogP contribution in [0.25, 0.3) is 0 Å².